The van der Waals surface area contributed by atoms with Gasteiger partial charge in [0.05, 0.1) is 11.8 Å². The van der Waals surface area contributed by atoms with Crippen molar-refractivity contribution in [2.75, 3.05) is 0 Å². The van der Waals surface area contributed by atoms with E-state index in [1.807, 2.05) is 0 Å². The van der Waals surface area contributed by atoms with E-state index < -0.39 is 42.9 Å². The first-order valence-electron chi connectivity index (χ1n) is 10.0. The standard InChI is InChI=1S/C25H24FO4P/c1-18(2)30-25(28)23(27)17-24(21-15-9-10-16-22(21)26)31(29,19-11-5-3-6-12-19)20-13-7-4-8-14-20/h3-16,18,24H,17H2,1-2H3. The summed E-state index contributed by atoms with van der Waals surface area (Å²) in [6, 6.07) is 23.3. The number of halogens is 1. The maximum absolute atomic E-state index is 14.9. The van der Waals surface area contributed by atoms with Gasteiger partial charge in [0.2, 0.25) is 5.78 Å². The van der Waals surface area contributed by atoms with Crippen LogP contribution in [0, 0.1) is 5.82 Å². The highest BCUT2D eigenvalue weighted by atomic mass is 31.2. The summed E-state index contributed by atoms with van der Waals surface area (Å²) in [6.45, 7) is 3.27. The molecule has 160 valence electrons. The molecule has 3 aromatic rings. The fourth-order valence-corrected chi connectivity index (χ4v) is 6.80. The quantitative estimate of drug-likeness (QED) is 0.288. The van der Waals surface area contributed by atoms with Gasteiger partial charge in [-0.05, 0) is 25.5 Å². The molecule has 0 saturated carbocycles. The number of carbonyl (C=O) groups is 2. The van der Waals surface area contributed by atoms with E-state index in [1.165, 1.54) is 18.2 Å². The lowest BCUT2D eigenvalue weighted by Crippen LogP contribution is -2.27. The van der Waals surface area contributed by atoms with Crippen molar-refractivity contribution < 1.29 is 23.3 Å². The van der Waals surface area contributed by atoms with Gasteiger partial charge < -0.3 is 9.30 Å². The van der Waals surface area contributed by atoms with Gasteiger partial charge in [0.1, 0.15) is 5.82 Å². The van der Waals surface area contributed by atoms with E-state index in [-0.39, 0.29) is 5.56 Å². The van der Waals surface area contributed by atoms with E-state index in [0.29, 0.717) is 10.6 Å². The zero-order chi connectivity index (χ0) is 22.4. The molecule has 0 heterocycles. The topological polar surface area (TPSA) is 60.4 Å². The normalized spacial score (nSPS) is 12.4. The number of ether oxygens (including phenoxy) is 1. The van der Waals surface area contributed by atoms with Gasteiger partial charge in [-0.15, -0.1) is 0 Å². The molecule has 0 aliphatic rings. The van der Waals surface area contributed by atoms with Gasteiger partial charge in [0.15, 0.2) is 7.14 Å². The van der Waals surface area contributed by atoms with E-state index in [0.717, 1.165) is 0 Å². The number of hydrogen-bond acceptors (Lipinski definition) is 4. The van der Waals surface area contributed by atoms with Crippen LogP contribution >= 0.6 is 7.14 Å². The van der Waals surface area contributed by atoms with Gasteiger partial charge in [-0.1, -0.05) is 78.9 Å². The van der Waals surface area contributed by atoms with Crippen molar-refractivity contribution in [3.8, 4) is 0 Å². The minimum atomic E-state index is -3.58. The Morgan fingerprint density at radius 3 is 1.81 bits per heavy atom. The van der Waals surface area contributed by atoms with E-state index in [4.69, 9.17) is 4.74 Å². The number of hydrogen-bond donors (Lipinski definition) is 0. The largest absolute Gasteiger partial charge is 0.457 e. The lowest BCUT2D eigenvalue weighted by atomic mass is 10.1. The minimum absolute atomic E-state index is 0.129. The van der Waals surface area contributed by atoms with Crippen molar-refractivity contribution in [3.63, 3.8) is 0 Å². The van der Waals surface area contributed by atoms with Crippen LogP contribution in [0.4, 0.5) is 4.39 Å². The summed E-state index contributed by atoms with van der Waals surface area (Å²) in [6.07, 6.45) is -0.911. The molecule has 0 spiro atoms. The molecule has 3 rings (SSSR count). The van der Waals surface area contributed by atoms with Crippen LogP contribution in [0.15, 0.2) is 84.9 Å². The Kier molecular flexibility index (Phi) is 7.19. The molecule has 0 radical (unpaired) electrons. The molecule has 0 aromatic heterocycles. The molecule has 1 atom stereocenters. The third-order valence-corrected chi connectivity index (χ3v) is 8.40. The molecule has 0 amide bonds. The smallest absolute Gasteiger partial charge is 0.374 e. The molecular formula is C25H24FO4P. The zero-order valence-electron chi connectivity index (χ0n) is 17.4. The number of carbonyl (C=O) groups excluding carboxylic acids is 2. The Balaban J connectivity index is 2.20. The molecule has 4 nitrogen and oxygen atoms in total. The van der Waals surface area contributed by atoms with Gasteiger partial charge in [0, 0.05) is 17.0 Å². The first-order chi connectivity index (χ1) is 14.8. The average molecular weight is 438 g/mol. The minimum Gasteiger partial charge on any atom is -0.457 e. The molecule has 6 heteroatoms. The van der Waals surface area contributed by atoms with Gasteiger partial charge in [-0.3, -0.25) is 4.79 Å². The average Bonchev–Trinajstić information content (AvgIpc) is 2.78. The number of benzene rings is 3. The number of rotatable bonds is 8. The molecule has 1 unspecified atom stereocenters. The van der Waals surface area contributed by atoms with Crippen molar-refractivity contribution >= 4 is 29.5 Å². The number of ketones is 1. The van der Waals surface area contributed by atoms with Crippen molar-refractivity contribution in [1.29, 1.82) is 0 Å². The van der Waals surface area contributed by atoms with Crippen molar-refractivity contribution in [3.05, 3.63) is 96.3 Å². The molecule has 0 aliphatic heterocycles. The van der Waals surface area contributed by atoms with Crippen LogP contribution < -0.4 is 10.6 Å². The summed E-state index contributed by atoms with van der Waals surface area (Å²) in [5.41, 5.74) is -0.935. The Hall–Kier alpha value is -3.04. The second-order valence-electron chi connectivity index (χ2n) is 7.45. The molecule has 0 N–H and O–H groups in total. The predicted octanol–water partition coefficient (Wildman–Crippen LogP) is 4.79. The second-order valence-corrected chi connectivity index (χ2v) is 10.4. The predicted molar refractivity (Wildman–Crippen MR) is 120 cm³/mol. The van der Waals surface area contributed by atoms with E-state index >= 15 is 0 Å². The maximum Gasteiger partial charge on any atom is 0.374 e. The van der Waals surface area contributed by atoms with Crippen LogP contribution in [-0.4, -0.2) is 17.9 Å². The van der Waals surface area contributed by atoms with Crippen LogP contribution in [0.1, 0.15) is 31.5 Å². The van der Waals surface area contributed by atoms with Crippen molar-refractivity contribution in [2.45, 2.75) is 32.0 Å². The van der Waals surface area contributed by atoms with E-state index in [9.17, 15) is 18.5 Å². The monoisotopic (exact) mass is 438 g/mol. The molecular weight excluding hydrogens is 414 g/mol. The van der Waals surface area contributed by atoms with Gasteiger partial charge in [-0.2, -0.15) is 0 Å². The lowest BCUT2D eigenvalue weighted by Gasteiger charge is -2.29. The molecule has 0 saturated heterocycles. The summed E-state index contributed by atoms with van der Waals surface area (Å²) < 4.78 is 34.7. The number of esters is 1. The Bertz CT molecular complexity index is 1050. The maximum atomic E-state index is 14.9. The highest BCUT2D eigenvalue weighted by Crippen LogP contribution is 2.59. The fraction of sp³-hybridized carbons (Fsp3) is 0.200. The molecule has 3 aromatic carbocycles. The third-order valence-electron chi connectivity index (χ3n) is 4.93. The summed E-state index contributed by atoms with van der Waals surface area (Å²) in [7, 11) is -3.58. The summed E-state index contributed by atoms with van der Waals surface area (Å²) in [5, 5.41) is 0.971. The molecule has 0 aliphatic carbocycles. The Morgan fingerprint density at radius 1 is 0.839 bits per heavy atom. The van der Waals surface area contributed by atoms with Crippen molar-refractivity contribution in [2.24, 2.45) is 0 Å². The second kappa shape index (κ2) is 9.84. The Morgan fingerprint density at radius 2 is 1.32 bits per heavy atom. The number of Topliss-reactive ketones (excluding diaryl/α,β-unsaturated/α-hetero) is 1. The summed E-state index contributed by atoms with van der Waals surface area (Å²) >= 11 is 0. The third kappa shape index (κ3) is 5.00. The van der Waals surface area contributed by atoms with Crippen LogP contribution in [0.2, 0.25) is 0 Å². The summed E-state index contributed by atoms with van der Waals surface area (Å²) in [4.78, 5) is 25.0. The Labute approximate surface area is 181 Å². The van der Waals surface area contributed by atoms with Gasteiger partial charge >= 0.3 is 5.97 Å². The van der Waals surface area contributed by atoms with Crippen LogP contribution in [0.5, 0.6) is 0 Å². The highest BCUT2D eigenvalue weighted by Gasteiger charge is 2.41. The van der Waals surface area contributed by atoms with Crippen LogP contribution in [-0.2, 0) is 18.9 Å². The van der Waals surface area contributed by atoms with Gasteiger partial charge in [-0.25, -0.2) is 9.18 Å². The fourth-order valence-electron chi connectivity index (χ4n) is 3.53. The van der Waals surface area contributed by atoms with Crippen molar-refractivity contribution in [1.82, 2.24) is 0 Å². The van der Waals surface area contributed by atoms with Crippen LogP contribution in [0.3, 0.4) is 0 Å². The van der Waals surface area contributed by atoms with Crippen LogP contribution in [0.25, 0.3) is 0 Å². The summed E-state index contributed by atoms with van der Waals surface area (Å²) in [5.74, 6) is -2.43. The van der Waals surface area contributed by atoms with Gasteiger partial charge in [0.25, 0.3) is 0 Å². The SMILES string of the molecule is CC(C)OC(=O)C(=O)CC(c1ccccc1F)P(=O)(c1ccccc1)c1ccccc1. The first kappa shape index (κ1) is 22.6. The molecule has 0 bridgehead atoms. The molecule has 0 fully saturated rings. The molecule has 31 heavy (non-hydrogen) atoms. The first-order valence-corrected chi connectivity index (χ1v) is 11.8. The highest BCUT2D eigenvalue weighted by molar-refractivity contribution is 7.79. The van der Waals surface area contributed by atoms with E-state index in [2.05, 4.69) is 0 Å². The lowest BCUT2D eigenvalue weighted by molar-refractivity contribution is -0.156. The zero-order valence-corrected chi connectivity index (χ0v) is 18.3. The van der Waals surface area contributed by atoms with E-state index in [1.54, 1.807) is 80.6 Å².